The van der Waals surface area contributed by atoms with Gasteiger partial charge in [0.2, 0.25) is 5.88 Å². The molecule has 2 amide bonds. The maximum absolute atomic E-state index is 13.7. The molecule has 0 spiro atoms. The number of hydrogen-bond donors (Lipinski definition) is 1. The summed E-state index contributed by atoms with van der Waals surface area (Å²) in [4.78, 5) is 43.3. The first-order valence-electron chi connectivity index (χ1n) is 10.1. The van der Waals surface area contributed by atoms with Crippen molar-refractivity contribution in [3.63, 3.8) is 0 Å². The molecule has 3 aromatic rings. The highest BCUT2D eigenvalue weighted by atomic mass is 16.7. The molecule has 0 radical (unpaired) electrons. The van der Waals surface area contributed by atoms with E-state index in [1.165, 1.54) is 48.7 Å². The summed E-state index contributed by atoms with van der Waals surface area (Å²) in [6.07, 6.45) is -1.46. The lowest BCUT2D eigenvalue weighted by Crippen LogP contribution is -2.47. The van der Waals surface area contributed by atoms with Gasteiger partial charge in [0.15, 0.2) is 0 Å². The molecule has 0 fully saturated rings. The number of aromatic nitrogens is 1. The zero-order valence-corrected chi connectivity index (χ0v) is 17.8. The number of rotatable bonds is 5. The van der Waals surface area contributed by atoms with Crippen LogP contribution < -0.4 is 14.4 Å². The van der Waals surface area contributed by atoms with E-state index in [0.717, 1.165) is 0 Å². The highest BCUT2D eigenvalue weighted by molar-refractivity contribution is 6.22. The molecule has 0 saturated carbocycles. The van der Waals surface area contributed by atoms with E-state index in [1.807, 2.05) is 6.07 Å². The zero-order chi connectivity index (χ0) is 24.3. The van der Waals surface area contributed by atoms with Crippen molar-refractivity contribution in [2.24, 2.45) is 0 Å². The van der Waals surface area contributed by atoms with Crippen LogP contribution in [0.5, 0.6) is 11.6 Å². The number of nitrogens with zero attached hydrogens (tertiary/aromatic N) is 3. The van der Waals surface area contributed by atoms with Crippen molar-refractivity contribution in [1.29, 1.82) is 5.26 Å². The highest BCUT2D eigenvalue weighted by Crippen LogP contribution is 2.49. The maximum Gasteiger partial charge on any atom is 0.515 e. The van der Waals surface area contributed by atoms with Gasteiger partial charge in [-0.3, -0.25) is 4.79 Å². The molecule has 4 rings (SSSR count). The van der Waals surface area contributed by atoms with Crippen LogP contribution in [-0.4, -0.2) is 34.9 Å². The number of carboxylic acid groups (broad SMARTS) is 1. The largest absolute Gasteiger partial charge is 0.515 e. The Morgan fingerprint density at radius 3 is 2.56 bits per heavy atom. The first kappa shape index (κ1) is 22.3. The predicted octanol–water partition coefficient (Wildman–Crippen LogP) is 3.84. The van der Waals surface area contributed by atoms with E-state index in [4.69, 9.17) is 14.2 Å². The van der Waals surface area contributed by atoms with Crippen molar-refractivity contribution < 1.29 is 33.7 Å². The van der Waals surface area contributed by atoms with Gasteiger partial charge in [0.1, 0.15) is 5.75 Å². The van der Waals surface area contributed by atoms with Crippen LogP contribution in [0.2, 0.25) is 0 Å². The number of amides is 2. The van der Waals surface area contributed by atoms with Gasteiger partial charge in [-0.15, -0.1) is 0 Å². The quantitative estimate of drug-likeness (QED) is 0.445. The topological polar surface area (TPSA) is 139 Å². The van der Waals surface area contributed by atoms with E-state index >= 15 is 0 Å². The Bertz CT molecular complexity index is 1320. The molecule has 1 aliphatic heterocycles. The molecule has 1 aliphatic rings. The number of pyridine rings is 1. The highest BCUT2D eigenvalue weighted by Gasteiger charge is 2.60. The molecule has 0 saturated heterocycles. The number of ether oxygens (including phenoxy) is 3. The van der Waals surface area contributed by atoms with E-state index < -0.39 is 23.8 Å². The molecule has 1 atom stereocenters. The van der Waals surface area contributed by atoms with Gasteiger partial charge in [-0.05, 0) is 49.4 Å². The molecule has 2 heterocycles. The first-order chi connectivity index (χ1) is 16.4. The Morgan fingerprint density at radius 1 is 1.12 bits per heavy atom. The van der Waals surface area contributed by atoms with Crippen LogP contribution >= 0.6 is 0 Å². The Hall–Kier alpha value is -4.91. The number of carbonyl (C=O) groups is 3. The summed E-state index contributed by atoms with van der Waals surface area (Å²) in [6, 6.07) is 16.8. The van der Waals surface area contributed by atoms with Gasteiger partial charge in [-0.1, -0.05) is 18.2 Å². The summed E-state index contributed by atoms with van der Waals surface area (Å²) >= 11 is 0. The van der Waals surface area contributed by atoms with Crippen molar-refractivity contribution in [3.8, 4) is 17.7 Å². The average molecular weight is 459 g/mol. The Balaban J connectivity index is 1.95. The lowest BCUT2D eigenvalue weighted by molar-refractivity contribution is -0.133. The molecule has 34 heavy (non-hydrogen) atoms. The molecule has 0 bridgehead atoms. The number of benzene rings is 2. The molecule has 10 heteroatoms. The van der Waals surface area contributed by atoms with Crippen LogP contribution in [0.1, 0.15) is 23.6 Å². The smallest absolute Gasteiger partial charge is 0.478 e. The summed E-state index contributed by atoms with van der Waals surface area (Å²) in [5, 5.41) is 19.2. The molecule has 1 unspecified atom stereocenters. The second kappa shape index (κ2) is 8.91. The third kappa shape index (κ3) is 3.65. The van der Waals surface area contributed by atoms with Crippen LogP contribution in [0.3, 0.4) is 0 Å². The van der Waals surface area contributed by atoms with Crippen LogP contribution in [0.25, 0.3) is 0 Å². The second-order valence-corrected chi connectivity index (χ2v) is 7.00. The van der Waals surface area contributed by atoms with Gasteiger partial charge >= 0.3 is 12.2 Å². The lowest BCUT2D eigenvalue weighted by atomic mass is 9.87. The lowest BCUT2D eigenvalue weighted by Gasteiger charge is -2.29. The number of hydrogen-bond acceptors (Lipinski definition) is 8. The van der Waals surface area contributed by atoms with E-state index in [1.54, 1.807) is 25.1 Å². The Labute approximate surface area is 193 Å². The fraction of sp³-hybridized carbons (Fsp3) is 0.125. The van der Waals surface area contributed by atoms with Crippen molar-refractivity contribution in [1.82, 2.24) is 4.98 Å². The van der Waals surface area contributed by atoms with Gasteiger partial charge < -0.3 is 19.3 Å². The minimum atomic E-state index is -2.34. The van der Waals surface area contributed by atoms with Crippen molar-refractivity contribution in [3.05, 3.63) is 83.6 Å². The van der Waals surface area contributed by atoms with E-state index in [2.05, 4.69) is 4.98 Å². The number of para-hydroxylation sites is 1. The van der Waals surface area contributed by atoms with Gasteiger partial charge in [-0.2, -0.15) is 5.26 Å². The molecule has 170 valence electrons. The van der Waals surface area contributed by atoms with Crippen molar-refractivity contribution >= 4 is 23.8 Å². The van der Waals surface area contributed by atoms with Crippen LogP contribution in [0.15, 0.2) is 66.9 Å². The summed E-state index contributed by atoms with van der Waals surface area (Å²) < 4.78 is 16.4. The van der Waals surface area contributed by atoms with Gasteiger partial charge in [-0.25, -0.2) is 19.5 Å². The number of carbonyl (C=O) groups excluding carboxylic acids is 2. The molecular weight excluding hydrogens is 442 g/mol. The third-order valence-corrected chi connectivity index (χ3v) is 5.05. The van der Waals surface area contributed by atoms with E-state index in [9.17, 15) is 24.8 Å². The Morgan fingerprint density at radius 2 is 1.88 bits per heavy atom. The average Bonchev–Trinajstić information content (AvgIpc) is 3.08. The number of nitriles is 1. The molecule has 2 aromatic carbocycles. The van der Waals surface area contributed by atoms with Crippen LogP contribution in [0.4, 0.5) is 15.3 Å². The Kier molecular flexibility index (Phi) is 5.84. The van der Waals surface area contributed by atoms with Crippen LogP contribution in [0, 0.1) is 11.3 Å². The van der Waals surface area contributed by atoms with Crippen LogP contribution in [-0.2, 0) is 15.1 Å². The van der Waals surface area contributed by atoms with Gasteiger partial charge in [0, 0.05) is 11.8 Å². The molecular formula is C24H17N3O7. The molecule has 10 nitrogen and oxygen atoms in total. The zero-order valence-electron chi connectivity index (χ0n) is 17.8. The van der Waals surface area contributed by atoms with Crippen molar-refractivity contribution in [2.75, 3.05) is 11.5 Å². The number of imide groups is 1. The molecule has 0 aliphatic carbocycles. The van der Waals surface area contributed by atoms with Crippen molar-refractivity contribution in [2.45, 2.75) is 12.5 Å². The summed E-state index contributed by atoms with van der Waals surface area (Å²) in [7, 11) is 0. The van der Waals surface area contributed by atoms with Gasteiger partial charge in [0.05, 0.1) is 29.5 Å². The normalized spacial score (nSPS) is 16.4. The summed E-state index contributed by atoms with van der Waals surface area (Å²) in [5.74, 6) is -1.01. The maximum atomic E-state index is 13.7. The number of anilines is 1. The molecule has 1 aromatic heterocycles. The van der Waals surface area contributed by atoms with Gasteiger partial charge in [0.25, 0.3) is 11.5 Å². The minimum Gasteiger partial charge on any atom is -0.478 e. The standard InChI is InChI=1S/C24H17N3O7/c1-2-32-20-17(9-6-12-26-20)24(34-23(31)33-16-7-4-3-5-8-16)18-13-15(14-25)10-11-19(18)27(21(24)28)22(29)30/h3-13H,2H2,1H3,(H,29,30). The summed E-state index contributed by atoms with van der Waals surface area (Å²) in [6.45, 7) is 1.86. The SMILES string of the molecule is CCOc1ncccc1C1(OC(=O)Oc2ccccc2)C(=O)N(C(=O)O)c2ccc(C#N)cc21. The fourth-order valence-corrected chi connectivity index (χ4v) is 3.71. The van der Waals surface area contributed by atoms with E-state index in [0.29, 0.717) is 4.90 Å². The molecule has 1 N–H and O–H groups in total. The minimum absolute atomic E-state index is 0.0213. The summed E-state index contributed by atoms with van der Waals surface area (Å²) in [5.41, 5.74) is -2.36. The number of fused-ring (bicyclic) bond motifs is 1. The van der Waals surface area contributed by atoms with E-state index in [-0.39, 0.29) is 40.6 Å². The third-order valence-electron chi connectivity index (χ3n) is 5.05. The second-order valence-electron chi connectivity index (χ2n) is 7.00. The first-order valence-corrected chi connectivity index (χ1v) is 10.1. The fourth-order valence-electron chi connectivity index (χ4n) is 3.71. The predicted molar refractivity (Wildman–Crippen MR) is 116 cm³/mol. The monoisotopic (exact) mass is 459 g/mol.